The molecular weight excluding hydrogens is 450 g/mol. The van der Waals surface area contributed by atoms with Crippen molar-refractivity contribution >= 4 is 29.2 Å². The van der Waals surface area contributed by atoms with Gasteiger partial charge in [-0.1, -0.05) is 37.6 Å². The molecule has 0 bridgehead atoms. The van der Waals surface area contributed by atoms with Gasteiger partial charge in [0.1, 0.15) is 12.1 Å². The highest BCUT2D eigenvalue weighted by atomic mass is 16.6. The van der Waals surface area contributed by atoms with Crippen LogP contribution >= 0.6 is 0 Å². The van der Waals surface area contributed by atoms with Gasteiger partial charge in [-0.15, -0.1) is 0 Å². The lowest BCUT2D eigenvalue weighted by Gasteiger charge is -2.36. The van der Waals surface area contributed by atoms with Crippen LogP contribution in [-0.4, -0.2) is 65.3 Å². The van der Waals surface area contributed by atoms with E-state index in [0.29, 0.717) is 31.7 Å². The van der Waals surface area contributed by atoms with Gasteiger partial charge in [-0.2, -0.15) is 0 Å². The Morgan fingerprint density at radius 2 is 1.66 bits per heavy atom. The number of amides is 4. The summed E-state index contributed by atoms with van der Waals surface area (Å²) in [6.45, 7) is 5.39. The zero-order chi connectivity index (χ0) is 25.2. The molecule has 0 aromatic heterocycles. The summed E-state index contributed by atoms with van der Waals surface area (Å²) in [5.41, 5.74) is 1.51. The van der Waals surface area contributed by atoms with Gasteiger partial charge in [-0.05, 0) is 36.6 Å². The number of nitrogens with zero attached hydrogens (tertiary/aromatic N) is 4. The molecule has 35 heavy (non-hydrogen) atoms. The summed E-state index contributed by atoms with van der Waals surface area (Å²) in [7, 11) is 0. The normalized spacial score (nSPS) is 20.2. The monoisotopic (exact) mass is 479 g/mol. The summed E-state index contributed by atoms with van der Waals surface area (Å²) in [5, 5.41) is 13.6. The van der Waals surface area contributed by atoms with Crippen molar-refractivity contribution < 1.29 is 19.3 Å². The first-order valence-corrected chi connectivity index (χ1v) is 11.7. The molecular formula is C25H29N5O5. The number of non-ortho nitro benzene ring substituents is 1. The van der Waals surface area contributed by atoms with E-state index in [-0.39, 0.29) is 18.1 Å². The number of urea groups is 1. The molecule has 0 aliphatic carbocycles. The molecule has 2 aliphatic rings. The second-order valence-electron chi connectivity index (χ2n) is 9.03. The molecule has 0 saturated carbocycles. The highest BCUT2D eigenvalue weighted by molar-refractivity contribution is 6.09. The number of aryl methyl sites for hydroxylation is 1. The van der Waals surface area contributed by atoms with Gasteiger partial charge in [-0.25, -0.2) is 4.79 Å². The van der Waals surface area contributed by atoms with Crippen LogP contribution in [0.3, 0.4) is 0 Å². The molecule has 2 aromatic carbocycles. The minimum atomic E-state index is -1.21. The molecule has 0 spiro atoms. The van der Waals surface area contributed by atoms with Gasteiger partial charge in [0.25, 0.3) is 11.6 Å². The van der Waals surface area contributed by atoms with Crippen molar-refractivity contribution in [1.82, 2.24) is 15.1 Å². The lowest BCUT2D eigenvalue weighted by atomic mass is 9.91. The topological polar surface area (TPSA) is 116 Å². The molecule has 1 atom stereocenters. The van der Waals surface area contributed by atoms with Crippen molar-refractivity contribution in [2.45, 2.75) is 32.2 Å². The zero-order valence-electron chi connectivity index (χ0n) is 19.9. The summed E-state index contributed by atoms with van der Waals surface area (Å²) in [4.78, 5) is 53.8. The SMILES string of the molecule is CCCc1ccc(C2(C)NC(=O)N(CC(=O)N3CCN(c4ccc([N+](=O)[O-])cc4)CC3)C2=O)cc1. The van der Waals surface area contributed by atoms with E-state index in [9.17, 15) is 24.5 Å². The number of hydrogen-bond donors (Lipinski definition) is 1. The van der Waals surface area contributed by atoms with Gasteiger partial charge in [0.05, 0.1) is 4.92 Å². The van der Waals surface area contributed by atoms with Crippen molar-refractivity contribution in [2.24, 2.45) is 0 Å². The van der Waals surface area contributed by atoms with E-state index in [0.717, 1.165) is 29.0 Å². The maximum atomic E-state index is 13.2. The van der Waals surface area contributed by atoms with E-state index >= 15 is 0 Å². The standard InChI is InChI=1S/C25H29N5O5/c1-3-4-18-5-7-19(8-6-18)25(2)23(32)29(24(33)26-25)17-22(31)28-15-13-27(14-16-28)20-9-11-21(12-10-20)30(34)35/h5-12H,3-4,13-17H2,1-2H3,(H,26,33). The van der Waals surface area contributed by atoms with Crippen molar-refractivity contribution in [3.05, 3.63) is 69.8 Å². The molecule has 1 N–H and O–H groups in total. The Morgan fingerprint density at radius 3 is 2.23 bits per heavy atom. The molecule has 4 amide bonds. The van der Waals surface area contributed by atoms with E-state index in [1.54, 1.807) is 24.0 Å². The molecule has 4 rings (SSSR count). The highest BCUT2D eigenvalue weighted by Gasteiger charge is 2.49. The smallest absolute Gasteiger partial charge is 0.325 e. The lowest BCUT2D eigenvalue weighted by Crippen LogP contribution is -2.52. The fraction of sp³-hybridized carbons (Fsp3) is 0.400. The van der Waals surface area contributed by atoms with E-state index in [1.807, 2.05) is 29.2 Å². The van der Waals surface area contributed by atoms with Gasteiger partial charge in [0.2, 0.25) is 5.91 Å². The van der Waals surface area contributed by atoms with Crippen LogP contribution in [0.4, 0.5) is 16.2 Å². The molecule has 2 fully saturated rings. The second kappa shape index (κ2) is 9.73. The first-order chi connectivity index (χ1) is 16.7. The first kappa shape index (κ1) is 24.2. The Morgan fingerprint density at radius 1 is 1.03 bits per heavy atom. The minimum absolute atomic E-state index is 0.0278. The van der Waals surface area contributed by atoms with Crippen LogP contribution in [0.5, 0.6) is 0 Å². The van der Waals surface area contributed by atoms with Gasteiger partial charge in [0, 0.05) is 44.0 Å². The van der Waals surface area contributed by atoms with Crippen LogP contribution < -0.4 is 10.2 Å². The molecule has 0 radical (unpaired) electrons. The van der Waals surface area contributed by atoms with Crippen LogP contribution in [0.1, 0.15) is 31.4 Å². The molecule has 2 aromatic rings. The maximum Gasteiger partial charge on any atom is 0.325 e. The van der Waals surface area contributed by atoms with E-state index < -0.39 is 22.4 Å². The second-order valence-corrected chi connectivity index (χ2v) is 9.03. The minimum Gasteiger partial charge on any atom is -0.368 e. The molecule has 10 heteroatoms. The Kier molecular flexibility index (Phi) is 6.72. The van der Waals surface area contributed by atoms with Crippen molar-refractivity contribution in [1.29, 1.82) is 0 Å². The Labute approximate surface area is 203 Å². The molecule has 184 valence electrons. The van der Waals surface area contributed by atoms with Crippen molar-refractivity contribution in [3.8, 4) is 0 Å². The molecule has 2 saturated heterocycles. The van der Waals surface area contributed by atoms with Crippen LogP contribution in [0.15, 0.2) is 48.5 Å². The molecule has 1 unspecified atom stereocenters. The van der Waals surface area contributed by atoms with Crippen LogP contribution in [0, 0.1) is 10.1 Å². The summed E-state index contributed by atoms with van der Waals surface area (Å²) >= 11 is 0. The zero-order valence-corrected chi connectivity index (χ0v) is 19.9. The molecule has 10 nitrogen and oxygen atoms in total. The maximum absolute atomic E-state index is 13.2. The number of piperazine rings is 1. The number of carbonyl (C=O) groups is 3. The number of nitro groups is 1. The lowest BCUT2D eigenvalue weighted by molar-refractivity contribution is -0.384. The molecule has 2 aliphatic heterocycles. The van der Waals surface area contributed by atoms with E-state index in [1.165, 1.54) is 12.1 Å². The fourth-order valence-electron chi connectivity index (χ4n) is 4.56. The predicted molar refractivity (Wildman–Crippen MR) is 130 cm³/mol. The van der Waals surface area contributed by atoms with Crippen LogP contribution in [0.25, 0.3) is 0 Å². The van der Waals surface area contributed by atoms with Crippen molar-refractivity contribution in [3.63, 3.8) is 0 Å². The third kappa shape index (κ3) is 4.82. The summed E-state index contributed by atoms with van der Waals surface area (Å²) in [6, 6.07) is 13.4. The van der Waals surface area contributed by atoms with E-state index in [4.69, 9.17) is 0 Å². The number of anilines is 1. The number of rotatable bonds is 7. The number of nitro benzene ring substituents is 1. The predicted octanol–water partition coefficient (Wildman–Crippen LogP) is 2.66. The number of carbonyl (C=O) groups excluding carboxylic acids is 3. The Balaban J connectivity index is 1.36. The number of imide groups is 1. The summed E-state index contributed by atoms with van der Waals surface area (Å²) in [6.07, 6.45) is 1.96. The third-order valence-corrected chi connectivity index (χ3v) is 6.70. The third-order valence-electron chi connectivity index (χ3n) is 6.70. The Bertz CT molecular complexity index is 1130. The van der Waals surface area contributed by atoms with Crippen LogP contribution in [0.2, 0.25) is 0 Å². The average molecular weight is 480 g/mol. The van der Waals surface area contributed by atoms with Crippen LogP contribution in [-0.2, 0) is 21.5 Å². The average Bonchev–Trinajstić information content (AvgIpc) is 3.08. The number of nitrogens with one attached hydrogen (secondary N) is 1. The first-order valence-electron chi connectivity index (χ1n) is 11.7. The summed E-state index contributed by atoms with van der Waals surface area (Å²) in [5.74, 6) is -0.733. The Hall–Kier alpha value is -3.95. The largest absolute Gasteiger partial charge is 0.368 e. The van der Waals surface area contributed by atoms with Crippen molar-refractivity contribution in [2.75, 3.05) is 37.6 Å². The highest BCUT2D eigenvalue weighted by Crippen LogP contribution is 2.29. The van der Waals surface area contributed by atoms with Gasteiger partial charge in [-0.3, -0.25) is 24.6 Å². The number of benzene rings is 2. The van der Waals surface area contributed by atoms with Gasteiger partial charge < -0.3 is 15.1 Å². The van der Waals surface area contributed by atoms with Gasteiger partial charge in [0.15, 0.2) is 0 Å². The molecule has 2 heterocycles. The van der Waals surface area contributed by atoms with Gasteiger partial charge >= 0.3 is 6.03 Å². The van der Waals surface area contributed by atoms with E-state index in [2.05, 4.69) is 12.2 Å². The summed E-state index contributed by atoms with van der Waals surface area (Å²) < 4.78 is 0. The number of hydrogen-bond acceptors (Lipinski definition) is 6. The quantitative estimate of drug-likeness (QED) is 0.371. The fourth-order valence-corrected chi connectivity index (χ4v) is 4.56.